The number of hydrogen-bond acceptors (Lipinski definition) is 7. The van der Waals surface area contributed by atoms with Crippen molar-refractivity contribution in [3.63, 3.8) is 0 Å². The minimum absolute atomic E-state index is 0.102. The van der Waals surface area contributed by atoms with Gasteiger partial charge in [-0.25, -0.2) is 5.43 Å². The molecule has 0 unspecified atom stereocenters. The normalized spacial score (nSPS) is 13.2. The van der Waals surface area contributed by atoms with Crippen LogP contribution in [0.3, 0.4) is 0 Å². The summed E-state index contributed by atoms with van der Waals surface area (Å²) < 4.78 is 22.6. The molecule has 1 aliphatic heterocycles. The van der Waals surface area contributed by atoms with Crippen LogP contribution in [0.1, 0.15) is 28.4 Å². The second-order valence-electron chi connectivity index (χ2n) is 8.64. The minimum Gasteiger partial charge on any atom is -0.490 e. The van der Waals surface area contributed by atoms with E-state index in [0.29, 0.717) is 71.3 Å². The van der Waals surface area contributed by atoms with Crippen LogP contribution in [-0.2, 0) is 16.1 Å². The molecule has 2 amide bonds. The number of nitrogens with one attached hydrogen (secondary N) is 1. The molecule has 0 aliphatic carbocycles. The number of ether oxygens (including phenoxy) is 4. The zero-order chi connectivity index (χ0) is 28.3. The van der Waals surface area contributed by atoms with E-state index in [1.165, 1.54) is 6.21 Å². The van der Waals surface area contributed by atoms with Crippen LogP contribution in [0.4, 0.5) is 0 Å². The molecule has 1 aliphatic rings. The number of para-hydroxylation sites is 1. The highest BCUT2D eigenvalue weighted by Crippen LogP contribution is 2.28. The largest absolute Gasteiger partial charge is 0.490 e. The number of nitrogens with zero attached hydrogens (tertiary/aromatic N) is 2. The fraction of sp³-hybridized carbons (Fsp3) is 0.276. The summed E-state index contributed by atoms with van der Waals surface area (Å²) in [5.74, 6) is 0.733. The first-order valence-corrected chi connectivity index (χ1v) is 13.4. The highest BCUT2D eigenvalue weighted by Gasteiger charge is 2.18. The quantitative estimate of drug-likeness (QED) is 0.252. The van der Waals surface area contributed by atoms with E-state index in [0.717, 1.165) is 5.56 Å². The second-order valence-corrected chi connectivity index (χ2v) is 9.48. The van der Waals surface area contributed by atoms with Gasteiger partial charge in [-0.05, 0) is 55.0 Å². The lowest BCUT2D eigenvalue weighted by Crippen LogP contribution is -2.43. The van der Waals surface area contributed by atoms with Crippen LogP contribution in [0.2, 0.25) is 10.0 Å². The molecule has 1 saturated heterocycles. The van der Waals surface area contributed by atoms with Gasteiger partial charge < -0.3 is 23.8 Å². The van der Waals surface area contributed by atoms with Crippen LogP contribution in [0.5, 0.6) is 17.2 Å². The van der Waals surface area contributed by atoms with Gasteiger partial charge in [0, 0.05) is 28.7 Å². The molecule has 11 heteroatoms. The van der Waals surface area contributed by atoms with Crippen LogP contribution in [0, 0.1) is 0 Å². The average molecular weight is 586 g/mol. The third-order valence-corrected chi connectivity index (χ3v) is 6.48. The second kappa shape index (κ2) is 14.6. The first kappa shape index (κ1) is 29.2. The molecule has 3 aromatic carbocycles. The van der Waals surface area contributed by atoms with Gasteiger partial charge in [0.15, 0.2) is 18.1 Å². The van der Waals surface area contributed by atoms with Crippen molar-refractivity contribution in [3.05, 3.63) is 87.4 Å². The van der Waals surface area contributed by atoms with E-state index in [1.54, 1.807) is 65.6 Å². The summed E-state index contributed by atoms with van der Waals surface area (Å²) in [6.07, 6.45) is 1.49. The molecular weight excluding hydrogens is 557 g/mol. The van der Waals surface area contributed by atoms with E-state index in [4.69, 9.17) is 42.1 Å². The van der Waals surface area contributed by atoms with Crippen LogP contribution in [0.15, 0.2) is 65.8 Å². The van der Waals surface area contributed by atoms with Crippen molar-refractivity contribution in [2.24, 2.45) is 5.10 Å². The van der Waals surface area contributed by atoms with Crippen molar-refractivity contribution in [2.45, 2.75) is 13.5 Å². The third kappa shape index (κ3) is 8.11. The number of halogens is 2. The van der Waals surface area contributed by atoms with Crippen LogP contribution >= 0.6 is 23.2 Å². The van der Waals surface area contributed by atoms with Crippen molar-refractivity contribution in [1.29, 1.82) is 0 Å². The molecule has 0 spiro atoms. The summed E-state index contributed by atoms with van der Waals surface area (Å²) >= 11 is 12.2. The predicted octanol–water partition coefficient (Wildman–Crippen LogP) is 4.97. The molecule has 0 atom stereocenters. The van der Waals surface area contributed by atoms with Gasteiger partial charge in [-0.2, -0.15) is 5.10 Å². The van der Waals surface area contributed by atoms with E-state index >= 15 is 0 Å². The maximum absolute atomic E-state index is 12.8. The number of hydrogen-bond donors (Lipinski definition) is 1. The van der Waals surface area contributed by atoms with Crippen molar-refractivity contribution in [1.82, 2.24) is 10.3 Å². The van der Waals surface area contributed by atoms with Crippen molar-refractivity contribution in [2.75, 3.05) is 39.5 Å². The summed E-state index contributed by atoms with van der Waals surface area (Å²) in [7, 11) is 0. The molecule has 0 aromatic heterocycles. The van der Waals surface area contributed by atoms with Crippen LogP contribution in [-0.4, -0.2) is 62.4 Å². The van der Waals surface area contributed by atoms with Gasteiger partial charge in [0.2, 0.25) is 0 Å². The molecule has 40 heavy (non-hydrogen) atoms. The maximum atomic E-state index is 12.8. The molecule has 4 rings (SSSR count). The van der Waals surface area contributed by atoms with E-state index < -0.39 is 5.91 Å². The monoisotopic (exact) mass is 585 g/mol. The van der Waals surface area contributed by atoms with E-state index in [9.17, 15) is 9.59 Å². The Balaban J connectivity index is 1.36. The molecule has 9 nitrogen and oxygen atoms in total. The Morgan fingerprint density at radius 3 is 2.55 bits per heavy atom. The molecule has 0 radical (unpaired) electrons. The van der Waals surface area contributed by atoms with Crippen LogP contribution in [0.25, 0.3) is 0 Å². The van der Waals surface area contributed by atoms with Gasteiger partial charge in [0.05, 0.1) is 31.6 Å². The molecule has 210 valence electrons. The number of benzene rings is 3. The topological polar surface area (TPSA) is 98.7 Å². The molecule has 0 bridgehead atoms. The SMILES string of the molecule is CCOc1cc(/C=N\NC(=O)c2ccccc2OCc2ccc(Cl)cc2Cl)ccc1OCC(=O)N1CCOCC1. The minimum atomic E-state index is -0.444. The number of carbonyl (C=O) groups excluding carboxylic acids is 2. The van der Waals surface area contributed by atoms with Crippen molar-refractivity contribution < 1.29 is 28.5 Å². The third-order valence-electron chi connectivity index (χ3n) is 5.89. The summed E-state index contributed by atoms with van der Waals surface area (Å²) in [5, 5.41) is 5.09. The van der Waals surface area contributed by atoms with E-state index in [1.807, 2.05) is 6.92 Å². The number of rotatable bonds is 11. The lowest BCUT2D eigenvalue weighted by atomic mass is 10.2. The Morgan fingerprint density at radius 1 is 0.975 bits per heavy atom. The molecular formula is C29H29Cl2N3O6. The Bertz CT molecular complexity index is 1360. The molecule has 0 saturated carbocycles. The molecule has 1 heterocycles. The van der Waals surface area contributed by atoms with Crippen molar-refractivity contribution >= 4 is 41.2 Å². The molecule has 3 aromatic rings. The first-order chi connectivity index (χ1) is 19.4. The van der Waals surface area contributed by atoms with Gasteiger partial charge in [-0.3, -0.25) is 9.59 Å². The average Bonchev–Trinajstić information content (AvgIpc) is 2.97. The Kier molecular flexibility index (Phi) is 10.6. The van der Waals surface area contributed by atoms with Crippen molar-refractivity contribution in [3.8, 4) is 17.2 Å². The lowest BCUT2D eigenvalue weighted by molar-refractivity contribution is -0.137. The van der Waals surface area contributed by atoms with Gasteiger partial charge in [-0.15, -0.1) is 0 Å². The first-order valence-electron chi connectivity index (χ1n) is 12.7. The Labute approximate surface area is 242 Å². The summed E-state index contributed by atoms with van der Waals surface area (Å²) in [4.78, 5) is 27.0. The maximum Gasteiger partial charge on any atom is 0.275 e. The zero-order valence-corrected chi connectivity index (χ0v) is 23.4. The van der Waals surface area contributed by atoms with Gasteiger partial charge in [0.25, 0.3) is 11.8 Å². The summed E-state index contributed by atoms with van der Waals surface area (Å²) in [5.41, 5.74) is 4.24. The molecule has 1 N–H and O–H groups in total. The Morgan fingerprint density at radius 2 is 1.77 bits per heavy atom. The Hall–Kier alpha value is -3.79. The number of hydrazone groups is 1. The number of carbonyl (C=O) groups is 2. The molecule has 1 fully saturated rings. The highest BCUT2D eigenvalue weighted by molar-refractivity contribution is 6.35. The highest BCUT2D eigenvalue weighted by atomic mass is 35.5. The fourth-order valence-corrected chi connectivity index (χ4v) is 4.30. The van der Waals surface area contributed by atoms with Gasteiger partial charge >= 0.3 is 0 Å². The zero-order valence-electron chi connectivity index (χ0n) is 21.9. The van der Waals surface area contributed by atoms with Crippen LogP contribution < -0.4 is 19.6 Å². The predicted molar refractivity (Wildman–Crippen MR) is 153 cm³/mol. The van der Waals surface area contributed by atoms with Gasteiger partial charge in [0.1, 0.15) is 12.4 Å². The fourth-order valence-electron chi connectivity index (χ4n) is 3.84. The lowest BCUT2D eigenvalue weighted by Gasteiger charge is -2.26. The smallest absolute Gasteiger partial charge is 0.275 e. The standard InChI is InChI=1S/C29H29Cl2N3O6/c1-2-38-27-15-20(7-10-26(27)40-19-28(35)34-11-13-37-14-12-34)17-32-33-29(36)23-5-3-4-6-25(23)39-18-21-8-9-22(30)16-24(21)31/h3-10,15-17H,2,11-14,18-19H2,1H3,(H,33,36)/b32-17-. The van der Waals surface area contributed by atoms with E-state index in [-0.39, 0.29) is 19.1 Å². The van der Waals surface area contributed by atoms with E-state index in [2.05, 4.69) is 10.5 Å². The number of morpholine rings is 1. The van der Waals surface area contributed by atoms with Gasteiger partial charge in [-0.1, -0.05) is 41.4 Å². The number of amides is 2. The summed E-state index contributed by atoms with van der Waals surface area (Å²) in [6, 6.07) is 17.1. The summed E-state index contributed by atoms with van der Waals surface area (Å²) in [6.45, 7) is 4.47.